The first kappa shape index (κ1) is 11.6. The molecule has 16 heavy (non-hydrogen) atoms. The van der Waals surface area contributed by atoms with Gasteiger partial charge >= 0.3 is 0 Å². The van der Waals surface area contributed by atoms with E-state index in [1.165, 1.54) is 6.42 Å². The summed E-state index contributed by atoms with van der Waals surface area (Å²) in [5.74, 6) is 1.36. The van der Waals surface area contributed by atoms with Gasteiger partial charge in [-0.2, -0.15) is 0 Å². The SMILES string of the molecule is COCC1CCCN(c2nccnc2Cl)C1. The standard InChI is InChI=1S/C11H16ClN3O/c1-16-8-9-3-2-6-15(7-9)11-10(12)13-4-5-14-11/h4-5,9H,2-3,6-8H2,1H3. The van der Waals surface area contributed by atoms with Crippen molar-refractivity contribution in [2.45, 2.75) is 12.8 Å². The third kappa shape index (κ3) is 2.62. The predicted octanol–water partition coefficient (Wildman–Crippen LogP) is 1.99. The zero-order valence-corrected chi connectivity index (χ0v) is 10.2. The third-order valence-electron chi connectivity index (χ3n) is 2.86. The molecule has 0 aromatic carbocycles. The van der Waals surface area contributed by atoms with Crippen LogP contribution < -0.4 is 4.90 Å². The molecular formula is C11H16ClN3O. The van der Waals surface area contributed by atoms with Crippen LogP contribution in [0.3, 0.4) is 0 Å². The third-order valence-corrected chi connectivity index (χ3v) is 3.12. The van der Waals surface area contributed by atoms with Gasteiger partial charge in [0.2, 0.25) is 0 Å². The summed E-state index contributed by atoms with van der Waals surface area (Å²) in [4.78, 5) is 10.5. The topological polar surface area (TPSA) is 38.2 Å². The number of piperidine rings is 1. The lowest BCUT2D eigenvalue weighted by Crippen LogP contribution is -2.37. The predicted molar refractivity (Wildman–Crippen MR) is 63.9 cm³/mol. The van der Waals surface area contributed by atoms with E-state index in [1.54, 1.807) is 19.5 Å². The van der Waals surface area contributed by atoms with Crippen LogP contribution in [0.5, 0.6) is 0 Å². The zero-order chi connectivity index (χ0) is 11.4. The molecule has 0 spiro atoms. The van der Waals surface area contributed by atoms with E-state index in [4.69, 9.17) is 16.3 Å². The molecule has 4 nitrogen and oxygen atoms in total. The van der Waals surface area contributed by atoms with Gasteiger partial charge in [0, 0.05) is 32.6 Å². The number of methoxy groups -OCH3 is 1. The molecular weight excluding hydrogens is 226 g/mol. The number of nitrogens with zero attached hydrogens (tertiary/aromatic N) is 3. The number of ether oxygens (including phenoxy) is 1. The molecule has 1 saturated heterocycles. The highest BCUT2D eigenvalue weighted by Gasteiger charge is 2.22. The lowest BCUT2D eigenvalue weighted by atomic mass is 9.99. The Morgan fingerprint density at radius 2 is 2.31 bits per heavy atom. The van der Waals surface area contributed by atoms with Crippen molar-refractivity contribution in [3.63, 3.8) is 0 Å². The lowest BCUT2D eigenvalue weighted by molar-refractivity contribution is 0.143. The van der Waals surface area contributed by atoms with Crippen LogP contribution in [0.25, 0.3) is 0 Å². The molecule has 1 aromatic rings. The van der Waals surface area contributed by atoms with Crippen LogP contribution in [0.2, 0.25) is 5.15 Å². The average Bonchev–Trinajstić information content (AvgIpc) is 2.30. The van der Waals surface area contributed by atoms with Gasteiger partial charge in [0.25, 0.3) is 0 Å². The minimum Gasteiger partial charge on any atom is -0.384 e. The molecule has 0 amide bonds. The first-order valence-electron chi connectivity index (χ1n) is 5.51. The Balaban J connectivity index is 2.07. The Hall–Kier alpha value is -0.870. The summed E-state index contributed by atoms with van der Waals surface area (Å²) in [5, 5.41) is 0.487. The van der Waals surface area contributed by atoms with Gasteiger partial charge in [0.1, 0.15) is 0 Å². The normalized spacial score (nSPS) is 21.1. The maximum absolute atomic E-state index is 6.04. The second-order valence-corrected chi connectivity index (χ2v) is 4.44. The Kier molecular flexibility index (Phi) is 3.96. The van der Waals surface area contributed by atoms with Gasteiger partial charge in [-0.15, -0.1) is 0 Å². The highest BCUT2D eigenvalue weighted by Crippen LogP contribution is 2.25. The maximum Gasteiger partial charge on any atom is 0.171 e. The molecule has 0 aliphatic carbocycles. The first-order chi connectivity index (χ1) is 7.81. The summed E-state index contributed by atoms with van der Waals surface area (Å²) in [5.41, 5.74) is 0. The lowest BCUT2D eigenvalue weighted by Gasteiger charge is -2.33. The summed E-state index contributed by atoms with van der Waals surface area (Å²) in [6, 6.07) is 0. The van der Waals surface area contributed by atoms with Gasteiger partial charge in [0.05, 0.1) is 6.61 Å². The highest BCUT2D eigenvalue weighted by molar-refractivity contribution is 6.31. The number of hydrogen-bond donors (Lipinski definition) is 0. The van der Waals surface area contributed by atoms with E-state index in [0.717, 1.165) is 31.9 Å². The molecule has 5 heteroatoms. The molecule has 2 heterocycles. The minimum atomic E-state index is 0.487. The Morgan fingerprint density at radius 1 is 1.50 bits per heavy atom. The molecule has 1 aromatic heterocycles. The largest absolute Gasteiger partial charge is 0.384 e. The van der Waals surface area contributed by atoms with Crippen molar-refractivity contribution in [3.05, 3.63) is 17.5 Å². The number of rotatable bonds is 3. The van der Waals surface area contributed by atoms with Crippen LogP contribution >= 0.6 is 11.6 Å². The van der Waals surface area contributed by atoms with Gasteiger partial charge in [-0.05, 0) is 18.8 Å². The second kappa shape index (κ2) is 5.46. The summed E-state index contributed by atoms with van der Waals surface area (Å²) in [6.07, 6.45) is 5.66. The number of aromatic nitrogens is 2. The van der Waals surface area contributed by atoms with E-state index in [0.29, 0.717) is 11.1 Å². The second-order valence-electron chi connectivity index (χ2n) is 4.08. The quantitative estimate of drug-likeness (QED) is 0.811. The summed E-state index contributed by atoms with van der Waals surface area (Å²) in [6.45, 7) is 2.75. The molecule has 2 rings (SSSR count). The van der Waals surface area contributed by atoms with Gasteiger partial charge in [0.15, 0.2) is 11.0 Å². The molecule has 1 aliphatic heterocycles. The number of hydrogen-bond acceptors (Lipinski definition) is 4. The fourth-order valence-electron chi connectivity index (χ4n) is 2.16. The van der Waals surface area contributed by atoms with Crippen molar-refractivity contribution in [2.75, 3.05) is 31.7 Å². The first-order valence-corrected chi connectivity index (χ1v) is 5.89. The Labute approximate surface area is 101 Å². The summed E-state index contributed by atoms with van der Waals surface area (Å²) in [7, 11) is 1.74. The van der Waals surface area contributed by atoms with Crippen LogP contribution in [0.15, 0.2) is 12.4 Å². The van der Waals surface area contributed by atoms with Crippen LogP contribution in [-0.4, -0.2) is 36.8 Å². The van der Waals surface area contributed by atoms with Crippen LogP contribution in [0.1, 0.15) is 12.8 Å². The van der Waals surface area contributed by atoms with Gasteiger partial charge < -0.3 is 9.64 Å². The van der Waals surface area contributed by atoms with Crippen molar-refractivity contribution in [1.29, 1.82) is 0 Å². The molecule has 0 N–H and O–H groups in total. The fourth-order valence-corrected chi connectivity index (χ4v) is 2.38. The van der Waals surface area contributed by atoms with E-state index in [-0.39, 0.29) is 0 Å². The molecule has 88 valence electrons. The Morgan fingerprint density at radius 3 is 3.06 bits per heavy atom. The van der Waals surface area contributed by atoms with Crippen LogP contribution in [0, 0.1) is 5.92 Å². The average molecular weight is 242 g/mol. The fraction of sp³-hybridized carbons (Fsp3) is 0.636. The number of halogens is 1. The van der Waals surface area contributed by atoms with E-state index in [9.17, 15) is 0 Å². The van der Waals surface area contributed by atoms with Crippen molar-refractivity contribution < 1.29 is 4.74 Å². The molecule has 1 fully saturated rings. The smallest absolute Gasteiger partial charge is 0.171 e. The van der Waals surface area contributed by atoms with E-state index >= 15 is 0 Å². The number of anilines is 1. The van der Waals surface area contributed by atoms with Crippen molar-refractivity contribution in [2.24, 2.45) is 5.92 Å². The minimum absolute atomic E-state index is 0.487. The van der Waals surface area contributed by atoms with Gasteiger partial charge in [-0.1, -0.05) is 11.6 Å². The maximum atomic E-state index is 6.04. The van der Waals surface area contributed by atoms with Gasteiger partial charge in [-0.25, -0.2) is 9.97 Å². The van der Waals surface area contributed by atoms with Crippen molar-refractivity contribution in [3.8, 4) is 0 Å². The van der Waals surface area contributed by atoms with E-state index in [2.05, 4.69) is 14.9 Å². The van der Waals surface area contributed by atoms with E-state index in [1.807, 2.05) is 0 Å². The highest BCUT2D eigenvalue weighted by atomic mass is 35.5. The van der Waals surface area contributed by atoms with Crippen LogP contribution in [-0.2, 0) is 4.74 Å². The molecule has 1 unspecified atom stereocenters. The van der Waals surface area contributed by atoms with Gasteiger partial charge in [-0.3, -0.25) is 0 Å². The zero-order valence-electron chi connectivity index (χ0n) is 9.40. The molecule has 1 aliphatic rings. The van der Waals surface area contributed by atoms with Crippen molar-refractivity contribution >= 4 is 17.4 Å². The molecule has 0 radical (unpaired) electrons. The molecule has 0 bridgehead atoms. The Bertz CT molecular complexity index is 346. The van der Waals surface area contributed by atoms with Crippen LogP contribution in [0.4, 0.5) is 5.82 Å². The van der Waals surface area contributed by atoms with E-state index < -0.39 is 0 Å². The summed E-state index contributed by atoms with van der Waals surface area (Å²) >= 11 is 6.04. The van der Waals surface area contributed by atoms with Crippen molar-refractivity contribution in [1.82, 2.24) is 9.97 Å². The monoisotopic (exact) mass is 241 g/mol. The molecule has 1 atom stereocenters. The summed E-state index contributed by atoms with van der Waals surface area (Å²) < 4.78 is 5.20. The molecule has 0 saturated carbocycles.